The van der Waals surface area contributed by atoms with Crippen LogP contribution >= 0.6 is 0 Å². The molecule has 3 heteroatoms. The number of carbonyl (C=O) groups excluding carboxylic acids is 1. The molecule has 0 saturated carbocycles. The van der Waals surface area contributed by atoms with E-state index in [4.69, 9.17) is 0 Å². The van der Waals surface area contributed by atoms with Crippen LogP contribution in [0.4, 0.5) is 0 Å². The second-order valence-electron chi connectivity index (χ2n) is 6.37. The van der Waals surface area contributed by atoms with E-state index in [0.717, 1.165) is 19.4 Å². The second-order valence-corrected chi connectivity index (χ2v) is 6.37. The molecule has 1 amide bonds. The second kappa shape index (κ2) is 5.74. The molecule has 0 aromatic heterocycles. The summed E-state index contributed by atoms with van der Waals surface area (Å²) < 4.78 is 0. The average molecular weight is 260 g/mol. The van der Waals surface area contributed by atoms with Crippen LogP contribution in [0.3, 0.4) is 0 Å². The van der Waals surface area contributed by atoms with Gasteiger partial charge in [0.15, 0.2) is 0 Å². The molecule has 3 nitrogen and oxygen atoms in total. The summed E-state index contributed by atoms with van der Waals surface area (Å²) in [6, 6.07) is 10.2. The van der Waals surface area contributed by atoms with Gasteiger partial charge in [-0.15, -0.1) is 0 Å². The molecule has 1 aliphatic rings. The first-order valence-electron chi connectivity index (χ1n) is 7.07. The van der Waals surface area contributed by atoms with Gasteiger partial charge in [-0.1, -0.05) is 51.1 Å². The molecule has 1 aromatic carbocycles. The van der Waals surface area contributed by atoms with Crippen LogP contribution in [-0.2, 0) is 4.79 Å². The van der Waals surface area contributed by atoms with Crippen LogP contribution in [0.5, 0.6) is 0 Å². The standard InChI is InChI=1S/C16H24N2O/c1-16(2,3)14(12-8-5-4-6-9-12)18-15(19)13-10-7-11-17-13/h4-6,8-9,13-14,17H,7,10-11H2,1-3H3,(H,18,19)/t13-,14?/m0/s1. The van der Waals surface area contributed by atoms with E-state index in [1.54, 1.807) is 0 Å². The summed E-state index contributed by atoms with van der Waals surface area (Å²) in [5, 5.41) is 6.47. The number of amides is 1. The summed E-state index contributed by atoms with van der Waals surface area (Å²) in [5.74, 6) is 0.126. The predicted octanol–water partition coefficient (Wildman–Crippen LogP) is 2.64. The fourth-order valence-electron chi connectivity index (χ4n) is 2.60. The third kappa shape index (κ3) is 3.57. The molecule has 0 bridgehead atoms. The molecule has 1 saturated heterocycles. The molecule has 19 heavy (non-hydrogen) atoms. The predicted molar refractivity (Wildman–Crippen MR) is 77.8 cm³/mol. The maximum Gasteiger partial charge on any atom is 0.237 e. The third-order valence-corrected chi connectivity index (χ3v) is 3.66. The van der Waals surface area contributed by atoms with Gasteiger partial charge in [-0.3, -0.25) is 4.79 Å². The fourth-order valence-corrected chi connectivity index (χ4v) is 2.60. The molecule has 1 unspecified atom stereocenters. The highest BCUT2D eigenvalue weighted by Crippen LogP contribution is 2.32. The van der Waals surface area contributed by atoms with Crippen LogP contribution in [0.15, 0.2) is 30.3 Å². The summed E-state index contributed by atoms with van der Waals surface area (Å²) in [4.78, 5) is 12.3. The Kier molecular flexibility index (Phi) is 4.25. The molecule has 2 rings (SSSR count). The minimum atomic E-state index is -0.0198. The fraction of sp³-hybridized carbons (Fsp3) is 0.562. The van der Waals surface area contributed by atoms with Crippen molar-refractivity contribution in [1.29, 1.82) is 0 Å². The van der Waals surface area contributed by atoms with Gasteiger partial charge in [0.05, 0.1) is 12.1 Å². The Labute approximate surface area is 115 Å². The molecule has 0 aliphatic carbocycles. The van der Waals surface area contributed by atoms with E-state index in [2.05, 4.69) is 43.5 Å². The van der Waals surface area contributed by atoms with E-state index in [9.17, 15) is 4.79 Å². The molecule has 1 aromatic rings. The largest absolute Gasteiger partial charge is 0.347 e. The van der Waals surface area contributed by atoms with Gasteiger partial charge < -0.3 is 10.6 Å². The van der Waals surface area contributed by atoms with Crippen molar-refractivity contribution in [3.8, 4) is 0 Å². The molecule has 0 radical (unpaired) electrons. The number of benzene rings is 1. The van der Waals surface area contributed by atoms with E-state index < -0.39 is 0 Å². The number of nitrogens with one attached hydrogen (secondary N) is 2. The topological polar surface area (TPSA) is 41.1 Å². The van der Waals surface area contributed by atoms with Gasteiger partial charge in [-0.2, -0.15) is 0 Å². The number of carbonyl (C=O) groups is 1. The Morgan fingerprint density at radius 3 is 2.53 bits per heavy atom. The van der Waals surface area contributed by atoms with Gasteiger partial charge in [0, 0.05) is 0 Å². The van der Waals surface area contributed by atoms with Gasteiger partial charge in [-0.25, -0.2) is 0 Å². The lowest BCUT2D eigenvalue weighted by atomic mass is 9.82. The molecule has 0 spiro atoms. The number of hydrogen-bond acceptors (Lipinski definition) is 2. The first kappa shape index (κ1) is 14.1. The number of rotatable bonds is 3. The van der Waals surface area contributed by atoms with Crippen LogP contribution < -0.4 is 10.6 Å². The lowest BCUT2D eigenvalue weighted by Crippen LogP contribution is -2.45. The molecule has 2 atom stereocenters. The van der Waals surface area contributed by atoms with Crippen molar-refractivity contribution in [2.75, 3.05) is 6.54 Å². The zero-order valence-corrected chi connectivity index (χ0v) is 12.1. The minimum absolute atomic E-state index is 0.00435. The van der Waals surface area contributed by atoms with E-state index in [-0.39, 0.29) is 23.4 Å². The molecular weight excluding hydrogens is 236 g/mol. The van der Waals surface area contributed by atoms with Crippen LogP contribution in [0.1, 0.15) is 45.2 Å². The van der Waals surface area contributed by atoms with Gasteiger partial charge in [0.25, 0.3) is 0 Å². The van der Waals surface area contributed by atoms with Gasteiger partial charge in [0.2, 0.25) is 5.91 Å². The Morgan fingerprint density at radius 2 is 2.00 bits per heavy atom. The van der Waals surface area contributed by atoms with Crippen molar-refractivity contribution in [2.45, 2.75) is 45.7 Å². The van der Waals surface area contributed by atoms with E-state index in [0.29, 0.717) is 0 Å². The first-order valence-corrected chi connectivity index (χ1v) is 7.07. The minimum Gasteiger partial charge on any atom is -0.347 e. The van der Waals surface area contributed by atoms with Crippen molar-refractivity contribution in [3.63, 3.8) is 0 Å². The molecular formula is C16H24N2O. The lowest BCUT2D eigenvalue weighted by Gasteiger charge is -2.32. The molecule has 2 N–H and O–H groups in total. The van der Waals surface area contributed by atoms with Crippen molar-refractivity contribution in [3.05, 3.63) is 35.9 Å². The van der Waals surface area contributed by atoms with E-state index in [1.165, 1.54) is 5.56 Å². The van der Waals surface area contributed by atoms with E-state index in [1.807, 2.05) is 18.2 Å². The summed E-state index contributed by atoms with van der Waals surface area (Å²) in [7, 11) is 0. The molecule has 104 valence electrons. The Hall–Kier alpha value is -1.35. The highest BCUT2D eigenvalue weighted by Gasteiger charge is 2.31. The smallest absolute Gasteiger partial charge is 0.237 e. The van der Waals surface area contributed by atoms with E-state index >= 15 is 0 Å². The highest BCUT2D eigenvalue weighted by atomic mass is 16.2. The van der Waals surface area contributed by atoms with Crippen LogP contribution in [0.25, 0.3) is 0 Å². The third-order valence-electron chi connectivity index (χ3n) is 3.66. The zero-order valence-electron chi connectivity index (χ0n) is 12.1. The first-order chi connectivity index (χ1) is 8.98. The maximum atomic E-state index is 12.3. The summed E-state index contributed by atoms with van der Waals surface area (Å²) >= 11 is 0. The summed E-state index contributed by atoms with van der Waals surface area (Å²) in [5.41, 5.74) is 1.16. The zero-order chi connectivity index (χ0) is 13.9. The Morgan fingerprint density at radius 1 is 1.32 bits per heavy atom. The molecule has 1 fully saturated rings. The molecule has 1 heterocycles. The van der Waals surface area contributed by atoms with Crippen molar-refractivity contribution in [1.82, 2.24) is 10.6 Å². The Bertz CT molecular complexity index is 416. The number of hydrogen-bond donors (Lipinski definition) is 2. The SMILES string of the molecule is CC(C)(C)C(NC(=O)[C@@H]1CCCN1)c1ccccc1. The average Bonchev–Trinajstić information content (AvgIpc) is 2.89. The van der Waals surface area contributed by atoms with Crippen LogP contribution in [0.2, 0.25) is 0 Å². The quantitative estimate of drug-likeness (QED) is 0.877. The van der Waals surface area contributed by atoms with Crippen molar-refractivity contribution >= 4 is 5.91 Å². The van der Waals surface area contributed by atoms with Crippen molar-refractivity contribution < 1.29 is 4.79 Å². The van der Waals surface area contributed by atoms with Crippen LogP contribution in [0, 0.1) is 5.41 Å². The van der Waals surface area contributed by atoms with Gasteiger partial charge in [0.1, 0.15) is 0 Å². The normalized spacial score (nSPS) is 21.1. The van der Waals surface area contributed by atoms with Gasteiger partial charge in [-0.05, 0) is 30.4 Å². The Balaban J connectivity index is 2.13. The lowest BCUT2D eigenvalue weighted by molar-refractivity contribution is -0.124. The molecule has 1 aliphatic heterocycles. The van der Waals surface area contributed by atoms with Crippen molar-refractivity contribution in [2.24, 2.45) is 5.41 Å². The monoisotopic (exact) mass is 260 g/mol. The van der Waals surface area contributed by atoms with Crippen LogP contribution in [-0.4, -0.2) is 18.5 Å². The highest BCUT2D eigenvalue weighted by molar-refractivity contribution is 5.82. The van der Waals surface area contributed by atoms with Gasteiger partial charge >= 0.3 is 0 Å². The maximum absolute atomic E-state index is 12.3. The summed E-state index contributed by atoms with van der Waals surface area (Å²) in [6.07, 6.45) is 2.03. The summed E-state index contributed by atoms with van der Waals surface area (Å²) in [6.45, 7) is 7.43.